The molecule has 1 saturated heterocycles. The highest BCUT2D eigenvalue weighted by Gasteiger charge is 2.42. The maximum absolute atomic E-state index is 13.6. The molecule has 0 radical (unpaired) electrons. The third kappa shape index (κ3) is 4.33. The number of aryl methyl sites for hydroxylation is 2. The summed E-state index contributed by atoms with van der Waals surface area (Å²) in [6.07, 6.45) is 4.36. The van der Waals surface area contributed by atoms with Crippen LogP contribution < -0.4 is 14.8 Å². The first-order chi connectivity index (χ1) is 17.1. The van der Waals surface area contributed by atoms with Gasteiger partial charge in [-0.15, -0.1) is 0 Å². The van der Waals surface area contributed by atoms with Gasteiger partial charge in [0.2, 0.25) is 10.0 Å². The second-order valence-corrected chi connectivity index (χ2v) is 10.6. The van der Waals surface area contributed by atoms with Crippen LogP contribution in [0.1, 0.15) is 26.4 Å². The number of halogens is 1. The fraction of sp³-hybridized carbons (Fsp3) is 0.292. The Hall–Kier alpha value is -3.77. The number of hydrogen-bond acceptors (Lipinski definition) is 6. The van der Waals surface area contributed by atoms with E-state index in [1.165, 1.54) is 41.4 Å². The normalized spacial score (nSPS) is 20.5. The summed E-state index contributed by atoms with van der Waals surface area (Å²) in [5.41, 5.74) is 1.19. The lowest BCUT2D eigenvalue weighted by molar-refractivity contribution is 0.0782. The second-order valence-electron chi connectivity index (χ2n) is 8.94. The number of amides is 2. The Balaban J connectivity index is 1.41. The molecule has 1 fully saturated rings. The topological polar surface area (TPSA) is 123 Å². The van der Waals surface area contributed by atoms with Gasteiger partial charge in [-0.05, 0) is 42.8 Å². The Bertz CT molecular complexity index is 1460. The van der Waals surface area contributed by atoms with Crippen molar-refractivity contribution in [2.24, 2.45) is 13.0 Å². The van der Waals surface area contributed by atoms with Crippen molar-refractivity contribution in [3.05, 3.63) is 71.6 Å². The number of rotatable bonds is 3. The Kier molecular flexibility index (Phi) is 6.00. The van der Waals surface area contributed by atoms with Crippen molar-refractivity contribution in [2.75, 3.05) is 25.0 Å². The van der Waals surface area contributed by atoms with Crippen molar-refractivity contribution in [1.29, 1.82) is 0 Å². The quantitative estimate of drug-likeness (QED) is 0.552. The number of ether oxygens (including phenoxy) is 1. The molecule has 1 aromatic carbocycles. The van der Waals surface area contributed by atoms with Gasteiger partial charge < -0.3 is 19.5 Å². The lowest BCUT2D eigenvalue weighted by Gasteiger charge is -2.23. The van der Waals surface area contributed by atoms with Gasteiger partial charge in [-0.2, -0.15) is 0 Å². The molecular formula is C24H24FN5O5S. The van der Waals surface area contributed by atoms with E-state index in [9.17, 15) is 22.4 Å². The van der Waals surface area contributed by atoms with Crippen molar-refractivity contribution in [2.45, 2.75) is 17.9 Å². The predicted octanol–water partition coefficient (Wildman–Crippen LogP) is 1.93. The smallest absolute Gasteiger partial charge is 0.276 e. The SMILES string of the molecule is Cc1cc(NC(=O)c2c3c(cn2C)S(=O)(=O)N[C@@H]2CN(C(=O)c4ccncc4)C[C@@H]2CO3)ccc1F. The van der Waals surface area contributed by atoms with Crippen LogP contribution in [0, 0.1) is 18.7 Å². The van der Waals surface area contributed by atoms with Crippen LogP contribution in [0.5, 0.6) is 5.75 Å². The Morgan fingerprint density at radius 1 is 1.19 bits per heavy atom. The van der Waals surface area contributed by atoms with Gasteiger partial charge in [0.15, 0.2) is 11.4 Å². The monoisotopic (exact) mass is 513 g/mol. The number of hydrogen-bond donors (Lipinski definition) is 2. The van der Waals surface area contributed by atoms with Crippen LogP contribution in [0.3, 0.4) is 0 Å². The van der Waals surface area contributed by atoms with Gasteiger partial charge in [-0.1, -0.05) is 0 Å². The van der Waals surface area contributed by atoms with E-state index in [4.69, 9.17) is 4.74 Å². The van der Waals surface area contributed by atoms with E-state index in [0.29, 0.717) is 16.8 Å². The van der Waals surface area contributed by atoms with Gasteiger partial charge in [0, 0.05) is 61.9 Å². The molecule has 2 aliphatic heterocycles. The fourth-order valence-electron chi connectivity index (χ4n) is 4.55. The van der Waals surface area contributed by atoms with Crippen molar-refractivity contribution < 1.29 is 27.1 Å². The number of carbonyl (C=O) groups is 2. The average Bonchev–Trinajstić information content (AvgIpc) is 3.39. The Morgan fingerprint density at radius 2 is 1.94 bits per heavy atom. The number of fused-ring (bicyclic) bond motifs is 2. The summed E-state index contributed by atoms with van der Waals surface area (Å²) >= 11 is 0. The van der Waals surface area contributed by atoms with Crippen LogP contribution in [0.4, 0.5) is 10.1 Å². The molecule has 0 saturated carbocycles. The molecule has 36 heavy (non-hydrogen) atoms. The molecule has 10 nitrogen and oxygen atoms in total. The van der Waals surface area contributed by atoms with E-state index in [1.54, 1.807) is 31.0 Å². The van der Waals surface area contributed by atoms with Gasteiger partial charge in [0.05, 0.1) is 6.61 Å². The first kappa shape index (κ1) is 23.9. The van der Waals surface area contributed by atoms with Crippen LogP contribution in [-0.4, -0.2) is 60.4 Å². The minimum atomic E-state index is -4.06. The molecular weight excluding hydrogens is 489 g/mol. The Morgan fingerprint density at radius 3 is 2.67 bits per heavy atom. The number of nitrogens with one attached hydrogen (secondary N) is 2. The van der Waals surface area contributed by atoms with Gasteiger partial charge >= 0.3 is 0 Å². The zero-order valence-electron chi connectivity index (χ0n) is 19.6. The molecule has 0 spiro atoms. The number of aromatic nitrogens is 2. The lowest BCUT2D eigenvalue weighted by atomic mass is 10.1. The first-order valence-corrected chi connectivity index (χ1v) is 12.7. The van der Waals surface area contributed by atoms with Crippen LogP contribution in [0.15, 0.2) is 53.8 Å². The van der Waals surface area contributed by atoms with Crippen LogP contribution in [0.2, 0.25) is 0 Å². The van der Waals surface area contributed by atoms with Gasteiger partial charge in [-0.3, -0.25) is 14.6 Å². The summed E-state index contributed by atoms with van der Waals surface area (Å²) in [7, 11) is -2.52. The van der Waals surface area contributed by atoms with Crippen molar-refractivity contribution >= 4 is 27.5 Å². The highest BCUT2D eigenvalue weighted by atomic mass is 32.2. The largest absolute Gasteiger partial charge is 0.489 e. The number of benzene rings is 1. The molecule has 2 aliphatic rings. The van der Waals surface area contributed by atoms with Crippen molar-refractivity contribution in [3.63, 3.8) is 0 Å². The lowest BCUT2D eigenvalue weighted by Crippen LogP contribution is -2.43. The molecule has 0 unspecified atom stereocenters. The number of carbonyl (C=O) groups excluding carboxylic acids is 2. The zero-order valence-corrected chi connectivity index (χ0v) is 20.4. The molecule has 0 bridgehead atoms. The van der Waals surface area contributed by atoms with Gasteiger partial charge in [-0.25, -0.2) is 17.5 Å². The average molecular weight is 514 g/mol. The fourth-order valence-corrected chi connectivity index (χ4v) is 6.04. The standard InChI is InChI=1S/C24H24FN5O5S/c1-14-9-17(3-4-18(14)25)27-23(31)21-22-20(12-29(21)2)36(33,34)28-19-11-30(10-16(19)13-35-22)24(32)15-5-7-26-8-6-15/h3-9,12,16,19,28H,10-11,13H2,1-2H3,(H,27,31)/t16-,19-/m1/s1. The molecule has 2 N–H and O–H groups in total. The number of nitrogens with zero attached hydrogens (tertiary/aromatic N) is 3. The van der Waals surface area contributed by atoms with Crippen LogP contribution in [0.25, 0.3) is 0 Å². The summed E-state index contributed by atoms with van der Waals surface area (Å²) in [5.74, 6) is -1.62. The third-order valence-corrected chi connectivity index (χ3v) is 7.91. The summed E-state index contributed by atoms with van der Waals surface area (Å²) < 4.78 is 50.2. The summed E-state index contributed by atoms with van der Waals surface area (Å²) in [5, 5.41) is 2.67. The first-order valence-electron chi connectivity index (χ1n) is 11.3. The van der Waals surface area contributed by atoms with Gasteiger partial charge in [0.1, 0.15) is 10.7 Å². The molecule has 188 valence electrons. The summed E-state index contributed by atoms with van der Waals surface area (Å²) in [6, 6.07) is 6.80. The minimum Gasteiger partial charge on any atom is -0.489 e. The van der Waals surface area contributed by atoms with E-state index < -0.39 is 27.8 Å². The Labute approximate surface area is 207 Å². The van der Waals surface area contributed by atoms with E-state index >= 15 is 0 Å². The molecule has 2 atom stereocenters. The van der Waals surface area contributed by atoms with Gasteiger partial charge in [0.25, 0.3) is 11.8 Å². The van der Waals surface area contributed by atoms with Crippen molar-refractivity contribution in [1.82, 2.24) is 19.2 Å². The third-order valence-electron chi connectivity index (χ3n) is 6.43. The number of likely N-dealkylation sites (tertiary alicyclic amines) is 1. The molecule has 12 heteroatoms. The van der Waals surface area contributed by atoms with E-state index in [0.717, 1.165) is 0 Å². The minimum absolute atomic E-state index is 0.0125. The maximum atomic E-state index is 13.6. The number of anilines is 1. The number of pyridine rings is 1. The molecule has 2 aromatic heterocycles. The van der Waals surface area contributed by atoms with Crippen molar-refractivity contribution in [3.8, 4) is 5.75 Å². The second kappa shape index (κ2) is 9.03. The zero-order chi connectivity index (χ0) is 25.6. The number of sulfonamides is 1. The maximum Gasteiger partial charge on any atom is 0.276 e. The highest BCUT2D eigenvalue weighted by molar-refractivity contribution is 7.89. The summed E-state index contributed by atoms with van der Waals surface area (Å²) in [6.45, 7) is 2.14. The molecule has 3 aromatic rings. The molecule has 0 aliphatic carbocycles. The summed E-state index contributed by atoms with van der Waals surface area (Å²) in [4.78, 5) is 31.4. The molecule has 5 rings (SSSR count). The van der Waals surface area contributed by atoms with E-state index in [1.807, 2.05) is 0 Å². The predicted molar refractivity (Wildman–Crippen MR) is 128 cm³/mol. The van der Waals surface area contributed by atoms with Crippen LogP contribution in [-0.2, 0) is 17.1 Å². The van der Waals surface area contributed by atoms with Crippen LogP contribution >= 0.6 is 0 Å². The molecule has 2 amide bonds. The van der Waals surface area contributed by atoms with E-state index in [2.05, 4.69) is 15.0 Å². The molecule has 4 heterocycles. The van der Waals surface area contributed by atoms with E-state index in [-0.39, 0.29) is 47.9 Å². The highest BCUT2D eigenvalue weighted by Crippen LogP contribution is 2.35.